The van der Waals surface area contributed by atoms with Crippen molar-refractivity contribution in [2.75, 3.05) is 23.4 Å². The van der Waals surface area contributed by atoms with E-state index in [0.29, 0.717) is 12.3 Å². The van der Waals surface area contributed by atoms with Crippen LogP contribution in [-0.2, 0) is 10.8 Å². The first kappa shape index (κ1) is 9.60. The molecule has 0 spiro atoms. The van der Waals surface area contributed by atoms with E-state index in [0.717, 1.165) is 10.9 Å². The SMILES string of the molecule is CCS(=O)CCNc1nncs1. The lowest BCUT2D eigenvalue weighted by Crippen LogP contribution is -2.11. The topological polar surface area (TPSA) is 54.9 Å². The third kappa shape index (κ3) is 3.27. The van der Waals surface area contributed by atoms with Crippen molar-refractivity contribution < 1.29 is 4.21 Å². The van der Waals surface area contributed by atoms with Gasteiger partial charge in [-0.05, 0) is 0 Å². The van der Waals surface area contributed by atoms with Gasteiger partial charge in [-0.1, -0.05) is 18.3 Å². The van der Waals surface area contributed by atoms with Gasteiger partial charge in [0, 0.05) is 28.9 Å². The number of aromatic nitrogens is 2. The van der Waals surface area contributed by atoms with E-state index in [4.69, 9.17) is 0 Å². The molecule has 1 aromatic heterocycles. The van der Waals surface area contributed by atoms with E-state index in [2.05, 4.69) is 15.5 Å². The molecule has 1 heterocycles. The van der Waals surface area contributed by atoms with Gasteiger partial charge in [-0.25, -0.2) is 0 Å². The average molecular weight is 205 g/mol. The highest BCUT2D eigenvalue weighted by Gasteiger charge is 1.97. The van der Waals surface area contributed by atoms with Gasteiger partial charge in [-0.15, -0.1) is 10.2 Å². The van der Waals surface area contributed by atoms with Crippen LogP contribution in [0.5, 0.6) is 0 Å². The Labute approximate surface area is 77.9 Å². The Morgan fingerprint density at radius 1 is 1.75 bits per heavy atom. The predicted molar refractivity (Wildman–Crippen MR) is 51.9 cm³/mol. The van der Waals surface area contributed by atoms with Crippen LogP contribution in [0.25, 0.3) is 0 Å². The van der Waals surface area contributed by atoms with Crippen molar-refractivity contribution in [2.45, 2.75) is 6.92 Å². The molecule has 0 radical (unpaired) electrons. The second kappa shape index (κ2) is 5.21. The molecule has 0 saturated carbocycles. The van der Waals surface area contributed by atoms with Gasteiger partial charge in [0.25, 0.3) is 0 Å². The minimum Gasteiger partial charge on any atom is -0.359 e. The number of anilines is 1. The van der Waals surface area contributed by atoms with Crippen molar-refractivity contribution >= 4 is 27.3 Å². The van der Waals surface area contributed by atoms with Crippen molar-refractivity contribution in [3.8, 4) is 0 Å². The quantitative estimate of drug-likeness (QED) is 0.769. The minimum atomic E-state index is -0.695. The highest BCUT2D eigenvalue weighted by atomic mass is 32.2. The summed E-state index contributed by atoms with van der Waals surface area (Å²) in [5, 5.41) is 11.3. The summed E-state index contributed by atoms with van der Waals surface area (Å²) in [4.78, 5) is 0. The number of nitrogens with one attached hydrogen (secondary N) is 1. The molecule has 0 bridgehead atoms. The highest BCUT2D eigenvalue weighted by molar-refractivity contribution is 7.84. The van der Waals surface area contributed by atoms with Crippen LogP contribution in [0.2, 0.25) is 0 Å². The lowest BCUT2D eigenvalue weighted by atomic mass is 10.7. The zero-order valence-corrected chi connectivity index (χ0v) is 8.45. The molecule has 1 N–H and O–H groups in total. The smallest absolute Gasteiger partial charge is 0.205 e. The van der Waals surface area contributed by atoms with Crippen molar-refractivity contribution in [2.24, 2.45) is 0 Å². The molecule has 1 rings (SSSR count). The molecule has 0 aliphatic heterocycles. The van der Waals surface area contributed by atoms with E-state index < -0.39 is 10.8 Å². The molecule has 0 fully saturated rings. The van der Waals surface area contributed by atoms with Crippen LogP contribution in [-0.4, -0.2) is 32.5 Å². The van der Waals surface area contributed by atoms with Crippen LogP contribution < -0.4 is 5.32 Å². The van der Waals surface area contributed by atoms with Crippen molar-refractivity contribution in [3.63, 3.8) is 0 Å². The van der Waals surface area contributed by atoms with Gasteiger partial charge >= 0.3 is 0 Å². The minimum absolute atomic E-state index is 0.677. The summed E-state index contributed by atoms with van der Waals surface area (Å²) < 4.78 is 11.0. The third-order valence-electron chi connectivity index (χ3n) is 1.29. The normalized spacial score (nSPS) is 12.8. The van der Waals surface area contributed by atoms with Gasteiger partial charge in [-0.2, -0.15) is 0 Å². The lowest BCUT2D eigenvalue weighted by Gasteiger charge is -1.99. The summed E-state index contributed by atoms with van der Waals surface area (Å²) in [6.45, 7) is 2.62. The monoisotopic (exact) mass is 205 g/mol. The van der Waals surface area contributed by atoms with Crippen LogP contribution in [0.1, 0.15) is 6.92 Å². The molecule has 6 heteroatoms. The maximum absolute atomic E-state index is 11.0. The lowest BCUT2D eigenvalue weighted by molar-refractivity contribution is 0.684. The van der Waals surface area contributed by atoms with E-state index in [9.17, 15) is 4.21 Å². The molecule has 0 amide bonds. The number of hydrogen-bond acceptors (Lipinski definition) is 5. The molecule has 1 aromatic rings. The highest BCUT2D eigenvalue weighted by Crippen LogP contribution is 2.06. The van der Waals surface area contributed by atoms with E-state index in [1.807, 2.05) is 6.92 Å². The van der Waals surface area contributed by atoms with E-state index in [-0.39, 0.29) is 0 Å². The first-order valence-corrected chi connectivity index (χ1v) is 6.04. The Morgan fingerprint density at radius 2 is 2.58 bits per heavy atom. The zero-order chi connectivity index (χ0) is 8.81. The van der Waals surface area contributed by atoms with E-state index in [1.165, 1.54) is 11.3 Å². The fourth-order valence-corrected chi connectivity index (χ4v) is 1.76. The molecule has 4 nitrogen and oxygen atoms in total. The van der Waals surface area contributed by atoms with Gasteiger partial charge in [0.2, 0.25) is 5.13 Å². The standard InChI is InChI=1S/C6H11N3OS2/c1-2-12(10)4-3-7-6-9-8-5-11-6/h5H,2-4H2,1H3,(H,7,9). The van der Waals surface area contributed by atoms with Crippen molar-refractivity contribution in [1.29, 1.82) is 0 Å². The predicted octanol–water partition coefficient (Wildman–Crippen LogP) is 0.719. The van der Waals surface area contributed by atoms with Gasteiger partial charge < -0.3 is 5.32 Å². The van der Waals surface area contributed by atoms with Crippen LogP contribution >= 0.6 is 11.3 Å². The summed E-state index contributed by atoms with van der Waals surface area (Å²) in [6, 6.07) is 0. The summed E-state index contributed by atoms with van der Waals surface area (Å²) >= 11 is 1.45. The largest absolute Gasteiger partial charge is 0.359 e. The Hall–Kier alpha value is -0.490. The van der Waals surface area contributed by atoms with E-state index in [1.54, 1.807) is 5.51 Å². The number of rotatable bonds is 5. The molecule has 0 aromatic carbocycles. The van der Waals surface area contributed by atoms with Crippen molar-refractivity contribution in [3.05, 3.63) is 5.51 Å². The first-order valence-electron chi connectivity index (χ1n) is 3.68. The summed E-state index contributed by atoms with van der Waals surface area (Å²) in [5.41, 5.74) is 1.67. The third-order valence-corrected chi connectivity index (χ3v) is 3.24. The van der Waals surface area contributed by atoms with Gasteiger partial charge in [0.05, 0.1) is 0 Å². The Balaban J connectivity index is 2.15. The van der Waals surface area contributed by atoms with Gasteiger partial charge in [-0.3, -0.25) is 4.21 Å². The van der Waals surface area contributed by atoms with Crippen LogP contribution in [0.15, 0.2) is 5.51 Å². The van der Waals surface area contributed by atoms with Crippen LogP contribution in [0, 0.1) is 0 Å². The fourth-order valence-electron chi connectivity index (χ4n) is 0.666. The van der Waals surface area contributed by atoms with Crippen molar-refractivity contribution in [1.82, 2.24) is 10.2 Å². The Kier molecular flexibility index (Phi) is 4.16. The Bertz CT molecular complexity index is 237. The summed E-state index contributed by atoms with van der Waals surface area (Å²) in [7, 11) is -0.695. The molecular weight excluding hydrogens is 194 g/mol. The fraction of sp³-hybridized carbons (Fsp3) is 0.667. The molecule has 1 unspecified atom stereocenters. The molecule has 0 saturated heterocycles. The first-order chi connectivity index (χ1) is 5.83. The molecular formula is C6H11N3OS2. The number of nitrogens with zero attached hydrogens (tertiary/aromatic N) is 2. The summed E-state index contributed by atoms with van der Waals surface area (Å²) in [5.74, 6) is 1.40. The van der Waals surface area contributed by atoms with Gasteiger partial charge in [0.15, 0.2) is 0 Å². The molecule has 0 aliphatic rings. The van der Waals surface area contributed by atoms with Crippen LogP contribution in [0.3, 0.4) is 0 Å². The van der Waals surface area contributed by atoms with E-state index >= 15 is 0 Å². The molecule has 12 heavy (non-hydrogen) atoms. The molecule has 68 valence electrons. The van der Waals surface area contributed by atoms with Crippen LogP contribution in [0.4, 0.5) is 5.13 Å². The molecule has 1 atom stereocenters. The number of hydrogen-bond donors (Lipinski definition) is 1. The second-order valence-electron chi connectivity index (χ2n) is 2.10. The van der Waals surface area contributed by atoms with Gasteiger partial charge in [0.1, 0.15) is 5.51 Å². The molecule has 0 aliphatic carbocycles. The maximum atomic E-state index is 11.0. The Morgan fingerprint density at radius 3 is 3.17 bits per heavy atom. The second-order valence-corrected chi connectivity index (χ2v) is 4.80. The maximum Gasteiger partial charge on any atom is 0.205 e. The average Bonchev–Trinajstić information content (AvgIpc) is 2.57. The zero-order valence-electron chi connectivity index (χ0n) is 6.82. The summed E-state index contributed by atoms with van der Waals surface area (Å²) in [6.07, 6.45) is 0.